The number of rotatable bonds is 5. The highest BCUT2D eigenvalue weighted by atomic mass is 79.9. The van der Waals surface area contributed by atoms with Gasteiger partial charge in [-0.1, -0.05) is 23.7 Å². The molecule has 0 fully saturated rings. The van der Waals surface area contributed by atoms with Crippen molar-refractivity contribution in [3.05, 3.63) is 52.0 Å². The molecule has 0 aromatic heterocycles. The molecule has 0 saturated heterocycles. The highest BCUT2D eigenvalue weighted by Gasteiger charge is 2.30. The number of ether oxygens (including phenoxy) is 1. The van der Waals surface area contributed by atoms with Gasteiger partial charge in [-0.25, -0.2) is 0 Å². The predicted octanol–water partition coefficient (Wildman–Crippen LogP) is 3.70. The lowest BCUT2D eigenvalue weighted by molar-refractivity contribution is -0.135. The fourth-order valence-electron chi connectivity index (χ4n) is 3.18. The second-order valence-corrected chi connectivity index (χ2v) is 8.29. The number of nitrogens with zero attached hydrogens (tertiary/aromatic N) is 2. The number of halogens is 2. The molecule has 1 aliphatic rings. The highest BCUT2D eigenvalue weighted by molar-refractivity contribution is 9.10. The molecule has 9 heteroatoms. The van der Waals surface area contributed by atoms with E-state index in [4.69, 9.17) is 16.3 Å². The Balaban J connectivity index is 1.67. The summed E-state index contributed by atoms with van der Waals surface area (Å²) in [4.78, 5) is 40.5. The monoisotopic (exact) mass is 493 g/mol. The van der Waals surface area contributed by atoms with Gasteiger partial charge in [0.1, 0.15) is 5.75 Å². The van der Waals surface area contributed by atoms with Crippen molar-refractivity contribution < 1.29 is 19.1 Å². The van der Waals surface area contributed by atoms with Crippen LogP contribution in [0, 0.1) is 0 Å². The van der Waals surface area contributed by atoms with E-state index in [2.05, 4.69) is 21.2 Å². The maximum atomic E-state index is 13.0. The van der Waals surface area contributed by atoms with Crippen LogP contribution in [0.5, 0.6) is 5.75 Å². The molecule has 1 heterocycles. The number of para-hydroxylation sites is 2. The van der Waals surface area contributed by atoms with E-state index in [1.807, 2.05) is 6.92 Å². The van der Waals surface area contributed by atoms with Gasteiger partial charge in [-0.05, 0) is 53.2 Å². The molecule has 0 radical (unpaired) electrons. The standard InChI is InChI=1S/C21H21BrClN3O4/c1-13-9-19(27)24-16-5-3-4-6-17(16)26(13)20(28)11-25(2)21(29)12-30-18-8-7-14(23)10-15(18)22/h3-8,10,13H,9,11-12H2,1-2H3,(H,24,27). The number of hydrogen-bond donors (Lipinski definition) is 1. The summed E-state index contributed by atoms with van der Waals surface area (Å²) in [6, 6.07) is 11.8. The third-order valence-corrected chi connectivity index (χ3v) is 5.53. The molecule has 3 amide bonds. The van der Waals surface area contributed by atoms with E-state index in [0.717, 1.165) is 0 Å². The fraction of sp³-hybridized carbons (Fsp3) is 0.286. The Morgan fingerprint density at radius 3 is 2.77 bits per heavy atom. The van der Waals surface area contributed by atoms with E-state index in [-0.39, 0.29) is 43.3 Å². The molecule has 0 bridgehead atoms. The van der Waals surface area contributed by atoms with Crippen molar-refractivity contribution in [2.45, 2.75) is 19.4 Å². The number of carbonyl (C=O) groups excluding carboxylic acids is 3. The maximum Gasteiger partial charge on any atom is 0.260 e. The molecule has 30 heavy (non-hydrogen) atoms. The molecule has 2 aromatic rings. The highest BCUT2D eigenvalue weighted by Crippen LogP contribution is 2.31. The third kappa shape index (κ3) is 5.12. The van der Waals surface area contributed by atoms with Crippen LogP contribution in [0.4, 0.5) is 11.4 Å². The van der Waals surface area contributed by atoms with Crippen molar-refractivity contribution >= 4 is 56.6 Å². The molecule has 2 aromatic carbocycles. The minimum absolute atomic E-state index is 0.142. The van der Waals surface area contributed by atoms with Gasteiger partial charge < -0.3 is 19.9 Å². The van der Waals surface area contributed by atoms with Gasteiger partial charge in [-0.2, -0.15) is 0 Å². The van der Waals surface area contributed by atoms with Crippen molar-refractivity contribution in [1.82, 2.24) is 4.90 Å². The smallest absolute Gasteiger partial charge is 0.260 e. The van der Waals surface area contributed by atoms with Gasteiger partial charge in [0.25, 0.3) is 5.91 Å². The molecular weight excluding hydrogens is 474 g/mol. The number of fused-ring (bicyclic) bond motifs is 1. The lowest BCUT2D eigenvalue weighted by Crippen LogP contribution is -2.46. The first-order valence-electron chi connectivity index (χ1n) is 9.29. The van der Waals surface area contributed by atoms with Crippen molar-refractivity contribution in [3.63, 3.8) is 0 Å². The first-order chi connectivity index (χ1) is 14.3. The second kappa shape index (κ2) is 9.49. The molecule has 1 atom stereocenters. The van der Waals surface area contributed by atoms with Gasteiger partial charge >= 0.3 is 0 Å². The Hall–Kier alpha value is -2.58. The average Bonchev–Trinajstić information content (AvgIpc) is 2.81. The number of nitrogens with one attached hydrogen (secondary N) is 1. The molecule has 0 aliphatic carbocycles. The molecule has 1 aliphatic heterocycles. The largest absolute Gasteiger partial charge is 0.483 e. The van der Waals surface area contributed by atoms with E-state index in [0.29, 0.717) is 26.6 Å². The summed E-state index contributed by atoms with van der Waals surface area (Å²) < 4.78 is 6.17. The van der Waals surface area contributed by atoms with Crippen LogP contribution in [0.25, 0.3) is 0 Å². The molecule has 7 nitrogen and oxygen atoms in total. The predicted molar refractivity (Wildman–Crippen MR) is 119 cm³/mol. The lowest BCUT2D eigenvalue weighted by atomic mass is 10.1. The quantitative estimate of drug-likeness (QED) is 0.687. The van der Waals surface area contributed by atoms with Gasteiger partial charge in [0.15, 0.2) is 6.61 Å². The summed E-state index contributed by atoms with van der Waals surface area (Å²) >= 11 is 9.23. The van der Waals surface area contributed by atoms with Crippen LogP contribution in [0.3, 0.4) is 0 Å². The number of benzene rings is 2. The maximum absolute atomic E-state index is 13.0. The van der Waals surface area contributed by atoms with Gasteiger partial charge in [-0.15, -0.1) is 0 Å². The summed E-state index contributed by atoms with van der Waals surface area (Å²) in [6.45, 7) is 1.44. The van der Waals surface area contributed by atoms with Crippen LogP contribution in [0.1, 0.15) is 13.3 Å². The third-order valence-electron chi connectivity index (χ3n) is 4.67. The Morgan fingerprint density at radius 1 is 1.30 bits per heavy atom. The van der Waals surface area contributed by atoms with Crippen LogP contribution in [0.2, 0.25) is 5.02 Å². The zero-order valence-electron chi connectivity index (χ0n) is 16.5. The van der Waals surface area contributed by atoms with Crippen LogP contribution in [-0.4, -0.2) is 48.9 Å². The summed E-state index contributed by atoms with van der Waals surface area (Å²) in [7, 11) is 1.54. The Bertz CT molecular complexity index is 984. The van der Waals surface area contributed by atoms with Crippen LogP contribution in [0.15, 0.2) is 46.9 Å². The minimum atomic E-state index is -0.352. The van der Waals surface area contributed by atoms with Crippen molar-refractivity contribution in [1.29, 1.82) is 0 Å². The topological polar surface area (TPSA) is 79.0 Å². The van der Waals surface area contributed by atoms with Crippen molar-refractivity contribution in [2.75, 3.05) is 30.4 Å². The van der Waals surface area contributed by atoms with Crippen LogP contribution >= 0.6 is 27.5 Å². The van der Waals surface area contributed by atoms with Crippen LogP contribution in [-0.2, 0) is 14.4 Å². The van der Waals surface area contributed by atoms with Gasteiger partial charge in [-0.3, -0.25) is 14.4 Å². The minimum Gasteiger partial charge on any atom is -0.483 e. The first kappa shape index (κ1) is 22.1. The van der Waals surface area contributed by atoms with Gasteiger partial charge in [0.05, 0.1) is 22.4 Å². The number of hydrogen-bond acceptors (Lipinski definition) is 4. The Morgan fingerprint density at radius 2 is 2.03 bits per heavy atom. The average molecular weight is 495 g/mol. The molecule has 0 saturated carbocycles. The molecular formula is C21H21BrClN3O4. The van der Waals surface area contributed by atoms with E-state index in [1.165, 1.54) is 11.9 Å². The number of anilines is 2. The summed E-state index contributed by atoms with van der Waals surface area (Å²) in [5.74, 6) is -0.311. The zero-order chi connectivity index (χ0) is 21.8. The summed E-state index contributed by atoms with van der Waals surface area (Å²) in [5.41, 5.74) is 1.19. The molecule has 0 spiro atoms. The van der Waals surface area contributed by atoms with Crippen LogP contribution < -0.4 is 15.0 Å². The summed E-state index contributed by atoms with van der Waals surface area (Å²) in [6.07, 6.45) is 0.172. The zero-order valence-corrected chi connectivity index (χ0v) is 18.9. The Kier molecular flexibility index (Phi) is 6.99. The lowest BCUT2D eigenvalue weighted by Gasteiger charge is -2.29. The van der Waals surface area contributed by atoms with E-state index in [1.54, 1.807) is 47.4 Å². The second-order valence-electron chi connectivity index (χ2n) is 7.00. The van der Waals surface area contributed by atoms with E-state index >= 15 is 0 Å². The number of likely N-dealkylation sites (N-methyl/N-ethyl adjacent to an activating group) is 1. The summed E-state index contributed by atoms with van der Waals surface area (Å²) in [5, 5.41) is 3.36. The normalized spacial score (nSPS) is 15.7. The van der Waals surface area contributed by atoms with Gasteiger partial charge in [0.2, 0.25) is 11.8 Å². The fourth-order valence-corrected chi connectivity index (χ4v) is 3.97. The number of amides is 3. The van der Waals surface area contributed by atoms with E-state index < -0.39 is 0 Å². The molecule has 1 N–H and O–H groups in total. The SMILES string of the molecule is CC1CC(=O)Nc2ccccc2N1C(=O)CN(C)C(=O)COc1ccc(Cl)cc1Br. The van der Waals surface area contributed by atoms with E-state index in [9.17, 15) is 14.4 Å². The molecule has 158 valence electrons. The molecule has 3 rings (SSSR count). The van der Waals surface area contributed by atoms with Gasteiger partial charge in [0, 0.05) is 24.5 Å². The molecule has 1 unspecified atom stereocenters. The number of carbonyl (C=O) groups is 3. The Labute approximate surface area is 188 Å². The first-order valence-corrected chi connectivity index (χ1v) is 10.5. The van der Waals surface area contributed by atoms with Crippen molar-refractivity contribution in [3.8, 4) is 5.75 Å². The van der Waals surface area contributed by atoms with Crippen molar-refractivity contribution in [2.24, 2.45) is 0 Å².